The van der Waals surface area contributed by atoms with Crippen LogP contribution in [-0.2, 0) is 0 Å². The molecule has 1 saturated heterocycles. The second-order valence-corrected chi connectivity index (χ2v) is 4.07. The second kappa shape index (κ2) is 3.47. The van der Waals surface area contributed by atoms with Crippen molar-refractivity contribution in [1.29, 1.82) is 0 Å². The van der Waals surface area contributed by atoms with E-state index in [4.69, 9.17) is 0 Å². The molecule has 1 fully saturated rings. The van der Waals surface area contributed by atoms with Gasteiger partial charge in [-0.2, -0.15) is 0 Å². The van der Waals surface area contributed by atoms with Crippen LogP contribution in [0.1, 0.15) is 6.42 Å². The molecule has 1 atom stereocenters. The maximum Gasteiger partial charge on any atom is 0.0503 e. The monoisotopic (exact) mass is 180 g/mol. The second-order valence-electron chi connectivity index (χ2n) is 2.81. The van der Waals surface area contributed by atoms with Crippen molar-refractivity contribution in [3.05, 3.63) is 35.5 Å². The van der Waals surface area contributed by atoms with Gasteiger partial charge in [-0.25, -0.2) is 0 Å². The van der Waals surface area contributed by atoms with Crippen LogP contribution in [-0.4, -0.2) is 17.0 Å². The molecule has 0 radical (unpaired) electrons. The van der Waals surface area contributed by atoms with Crippen molar-refractivity contribution in [1.82, 2.24) is 5.06 Å². The highest BCUT2D eigenvalue weighted by Crippen LogP contribution is 2.32. The Morgan fingerprint density at radius 1 is 1.33 bits per heavy atom. The normalized spacial score (nSPS) is 23.6. The SMILES string of the molecule is [O-]N1CCC1Sc1ccccc1. The summed E-state index contributed by atoms with van der Waals surface area (Å²) in [6, 6.07) is 10.1. The third kappa shape index (κ3) is 1.63. The summed E-state index contributed by atoms with van der Waals surface area (Å²) in [5.74, 6) is 0. The van der Waals surface area contributed by atoms with Gasteiger partial charge in [0.1, 0.15) is 0 Å². The minimum Gasteiger partial charge on any atom is -0.784 e. The highest BCUT2D eigenvalue weighted by atomic mass is 32.2. The summed E-state index contributed by atoms with van der Waals surface area (Å²) in [4.78, 5) is 1.18. The largest absolute Gasteiger partial charge is 0.784 e. The van der Waals surface area contributed by atoms with Crippen LogP contribution in [0.4, 0.5) is 0 Å². The molecule has 0 aromatic heterocycles. The van der Waals surface area contributed by atoms with Gasteiger partial charge < -0.3 is 10.3 Å². The van der Waals surface area contributed by atoms with E-state index in [0.29, 0.717) is 6.54 Å². The lowest BCUT2D eigenvalue weighted by molar-refractivity contribution is 0.233. The lowest BCUT2D eigenvalue weighted by Crippen LogP contribution is -2.40. The average molecular weight is 180 g/mol. The van der Waals surface area contributed by atoms with Gasteiger partial charge in [0, 0.05) is 4.90 Å². The van der Waals surface area contributed by atoms with E-state index in [1.807, 2.05) is 30.3 Å². The van der Waals surface area contributed by atoms with Crippen LogP contribution >= 0.6 is 11.8 Å². The van der Waals surface area contributed by atoms with Gasteiger partial charge in [-0.15, -0.1) is 11.8 Å². The molecule has 2 rings (SSSR count). The van der Waals surface area contributed by atoms with Crippen molar-refractivity contribution >= 4 is 11.8 Å². The van der Waals surface area contributed by atoms with E-state index in [9.17, 15) is 5.21 Å². The summed E-state index contributed by atoms with van der Waals surface area (Å²) in [6.45, 7) is 0.699. The molecule has 1 aromatic rings. The molecule has 1 heterocycles. The Morgan fingerprint density at radius 2 is 2.08 bits per heavy atom. The molecule has 0 saturated carbocycles. The highest BCUT2D eigenvalue weighted by molar-refractivity contribution is 8.00. The first kappa shape index (κ1) is 8.10. The van der Waals surface area contributed by atoms with Gasteiger partial charge in [-0.05, 0) is 25.1 Å². The smallest absolute Gasteiger partial charge is 0.0503 e. The molecule has 1 aromatic carbocycles. The first-order valence-electron chi connectivity index (χ1n) is 4.02. The summed E-state index contributed by atoms with van der Waals surface area (Å²) < 4.78 is 0. The van der Waals surface area contributed by atoms with E-state index in [1.54, 1.807) is 11.8 Å². The minimum atomic E-state index is 0.160. The quantitative estimate of drug-likeness (QED) is 0.698. The highest BCUT2D eigenvalue weighted by Gasteiger charge is 2.20. The van der Waals surface area contributed by atoms with E-state index in [2.05, 4.69) is 0 Å². The number of hydrogen-bond donors (Lipinski definition) is 0. The van der Waals surface area contributed by atoms with Crippen molar-refractivity contribution < 1.29 is 0 Å². The van der Waals surface area contributed by atoms with Gasteiger partial charge in [-0.1, -0.05) is 18.2 Å². The van der Waals surface area contributed by atoms with Gasteiger partial charge in [0.25, 0.3) is 0 Å². The standard InChI is InChI=1S/C9H10NOS/c11-10-7-6-9(10)12-8-4-2-1-3-5-8/h1-5,9H,6-7H2/q-1. The predicted molar refractivity (Wildman–Crippen MR) is 50.8 cm³/mol. The minimum absolute atomic E-state index is 0.160. The molecule has 2 nitrogen and oxygen atoms in total. The Kier molecular flexibility index (Phi) is 2.35. The van der Waals surface area contributed by atoms with Gasteiger partial charge >= 0.3 is 0 Å². The molecule has 64 valence electrons. The van der Waals surface area contributed by atoms with Crippen molar-refractivity contribution in [3.63, 3.8) is 0 Å². The van der Waals surface area contributed by atoms with Crippen molar-refractivity contribution in [2.24, 2.45) is 0 Å². The predicted octanol–water partition coefficient (Wildman–Crippen LogP) is 2.31. The summed E-state index contributed by atoms with van der Waals surface area (Å²) in [5, 5.41) is 12.2. The van der Waals surface area contributed by atoms with Crippen LogP contribution in [0.3, 0.4) is 0 Å². The zero-order valence-corrected chi connectivity index (χ0v) is 7.46. The molecule has 0 amide bonds. The number of hydroxylamine groups is 2. The van der Waals surface area contributed by atoms with E-state index >= 15 is 0 Å². The van der Waals surface area contributed by atoms with E-state index < -0.39 is 0 Å². The summed E-state index contributed by atoms with van der Waals surface area (Å²) in [7, 11) is 0. The number of hydrogen-bond acceptors (Lipinski definition) is 3. The van der Waals surface area contributed by atoms with E-state index in [1.165, 1.54) is 4.90 Å². The molecular weight excluding hydrogens is 170 g/mol. The average Bonchev–Trinajstić information content (AvgIpc) is 2.14. The lowest BCUT2D eigenvalue weighted by Gasteiger charge is -2.45. The van der Waals surface area contributed by atoms with Crippen LogP contribution in [0.25, 0.3) is 0 Å². The first-order valence-corrected chi connectivity index (χ1v) is 4.90. The number of thioether (sulfide) groups is 1. The third-order valence-electron chi connectivity index (χ3n) is 1.93. The van der Waals surface area contributed by atoms with Gasteiger partial charge in [0.2, 0.25) is 0 Å². The number of benzene rings is 1. The zero-order valence-electron chi connectivity index (χ0n) is 6.64. The maximum atomic E-state index is 10.9. The Hall–Kier alpha value is -0.510. The molecule has 1 aliphatic rings. The first-order chi connectivity index (χ1) is 5.86. The van der Waals surface area contributed by atoms with Gasteiger partial charge in [-0.3, -0.25) is 0 Å². The summed E-state index contributed by atoms with van der Waals surface area (Å²) >= 11 is 1.65. The van der Waals surface area contributed by atoms with Crippen LogP contribution < -0.4 is 0 Å². The fraction of sp³-hybridized carbons (Fsp3) is 0.333. The fourth-order valence-corrected chi connectivity index (χ4v) is 2.19. The Balaban J connectivity index is 1.95. The van der Waals surface area contributed by atoms with Gasteiger partial charge in [0.15, 0.2) is 0 Å². The zero-order chi connectivity index (χ0) is 8.39. The van der Waals surface area contributed by atoms with Crippen LogP contribution in [0.15, 0.2) is 35.2 Å². The maximum absolute atomic E-state index is 10.9. The van der Waals surface area contributed by atoms with Crippen molar-refractivity contribution in [2.45, 2.75) is 16.7 Å². The van der Waals surface area contributed by atoms with Crippen molar-refractivity contribution in [2.75, 3.05) is 6.54 Å². The molecule has 0 N–H and O–H groups in total. The molecule has 1 unspecified atom stereocenters. The lowest BCUT2D eigenvalue weighted by atomic mass is 10.3. The Morgan fingerprint density at radius 3 is 2.58 bits per heavy atom. The molecule has 0 aliphatic carbocycles. The summed E-state index contributed by atoms with van der Waals surface area (Å²) in [6.07, 6.45) is 1.02. The summed E-state index contributed by atoms with van der Waals surface area (Å²) in [5.41, 5.74) is 0. The fourth-order valence-electron chi connectivity index (χ4n) is 1.11. The van der Waals surface area contributed by atoms with Crippen LogP contribution in [0.5, 0.6) is 0 Å². The topological polar surface area (TPSA) is 26.3 Å². The van der Waals surface area contributed by atoms with Crippen LogP contribution in [0, 0.1) is 5.21 Å². The van der Waals surface area contributed by atoms with Gasteiger partial charge in [0.05, 0.1) is 5.37 Å². The van der Waals surface area contributed by atoms with E-state index in [0.717, 1.165) is 11.5 Å². The molecule has 3 heteroatoms. The number of nitrogens with zero attached hydrogens (tertiary/aromatic N) is 1. The molecule has 0 bridgehead atoms. The molecule has 12 heavy (non-hydrogen) atoms. The molecular formula is C9H10NOS-. The molecule has 0 spiro atoms. The van der Waals surface area contributed by atoms with Crippen LogP contribution in [0.2, 0.25) is 0 Å². The Bertz CT molecular complexity index is 252. The van der Waals surface area contributed by atoms with Crippen molar-refractivity contribution in [3.8, 4) is 0 Å². The number of rotatable bonds is 2. The van der Waals surface area contributed by atoms with E-state index in [-0.39, 0.29) is 5.37 Å². The Labute approximate surface area is 76.2 Å². The molecule has 1 aliphatic heterocycles. The third-order valence-corrected chi connectivity index (χ3v) is 3.22.